The first-order valence-corrected chi connectivity index (χ1v) is 7.19. The number of carbonyl (C=O) groups is 1. The molecule has 1 rings (SSSR count). The van der Waals surface area contributed by atoms with E-state index in [1.807, 2.05) is 0 Å². The van der Waals surface area contributed by atoms with Crippen molar-refractivity contribution in [2.24, 2.45) is 0 Å². The van der Waals surface area contributed by atoms with Crippen molar-refractivity contribution in [3.63, 3.8) is 0 Å². The lowest BCUT2D eigenvalue weighted by Crippen LogP contribution is -2.42. The van der Waals surface area contributed by atoms with Crippen molar-refractivity contribution in [2.75, 3.05) is 10.6 Å². The van der Waals surface area contributed by atoms with E-state index in [1.165, 1.54) is 0 Å². The number of carboxylic acid groups (broad SMARTS) is 1. The molecule has 1 aromatic rings. The number of anilines is 1. The molecule has 20 heavy (non-hydrogen) atoms. The smallest absolute Gasteiger partial charge is 0.416 e. The van der Waals surface area contributed by atoms with Crippen LogP contribution in [0.2, 0.25) is 0 Å². The molecule has 0 amide bonds. The number of halogens is 3. The summed E-state index contributed by atoms with van der Waals surface area (Å²) in [6.45, 7) is 1.07. The fraction of sp³-hybridized carbons (Fsp3) is 0.364. The van der Waals surface area contributed by atoms with Crippen molar-refractivity contribution in [1.29, 1.82) is 0 Å². The van der Waals surface area contributed by atoms with E-state index < -0.39 is 33.8 Å². The van der Waals surface area contributed by atoms with Gasteiger partial charge in [-0.2, -0.15) is 13.2 Å². The minimum absolute atomic E-state index is 0.350. The van der Waals surface area contributed by atoms with Crippen molar-refractivity contribution in [2.45, 2.75) is 19.1 Å². The summed E-state index contributed by atoms with van der Waals surface area (Å²) in [4.78, 5) is 10.9. The topological polar surface area (TPSA) is 74.7 Å². The molecule has 0 aliphatic heterocycles. The maximum Gasteiger partial charge on any atom is 0.416 e. The van der Waals surface area contributed by atoms with Crippen molar-refractivity contribution < 1.29 is 31.5 Å². The van der Waals surface area contributed by atoms with Crippen molar-refractivity contribution in [1.82, 2.24) is 0 Å². The van der Waals surface area contributed by atoms with Crippen LogP contribution >= 0.6 is 0 Å². The molecule has 0 fully saturated rings. The van der Waals surface area contributed by atoms with Gasteiger partial charge in [0.15, 0.2) is 0 Å². The van der Waals surface area contributed by atoms with Crippen LogP contribution < -0.4 is 4.31 Å². The third-order valence-corrected chi connectivity index (χ3v) is 3.74. The first-order valence-electron chi connectivity index (χ1n) is 5.34. The molecule has 0 aliphatic carbocycles. The Bertz CT molecular complexity index is 612. The fourth-order valence-electron chi connectivity index (χ4n) is 1.62. The second kappa shape index (κ2) is 5.31. The zero-order chi connectivity index (χ0) is 15.7. The van der Waals surface area contributed by atoms with Gasteiger partial charge in [0.25, 0.3) is 0 Å². The Hall–Kier alpha value is -1.77. The van der Waals surface area contributed by atoms with E-state index in [2.05, 4.69) is 0 Å². The number of nitrogens with zero attached hydrogens (tertiary/aromatic N) is 1. The number of benzene rings is 1. The molecule has 0 heterocycles. The quantitative estimate of drug-likeness (QED) is 0.922. The molecule has 9 heteroatoms. The molecule has 1 aromatic carbocycles. The first kappa shape index (κ1) is 16.3. The summed E-state index contributed by atoms with van der Waals surface area (Å²) in [5, 5.41) is 8.88. The molecule has 1 atom stereocenters. The molecule has 5 nitrogen and oxygen atoms in total. The van der Waals surface area contributed by atoms with E-state index in [9.17, 15) is 26.4 Å². The summed E-state index contributed by atoms with van der Waals surface area (Å²) in [5.74, 6) is -1.46. The second-order valence-corrected chi connectivity index (χ2v) is 5.98. The van der Waals surface area contributed by atoms with Crippen LogP contribution in [-0.4, -0.2) is 31.8 Å². The van der Waals surface area contributed by atoms with Crippen LogP contribution in [0.1, 0.15) is 12.5 Å². The first-order chi connectivity index (χ1) is 8.94. The Morgan fingerprint density at radius 2 is 1.90 bits per heavy atom. The monoisotopic (exact) mass is 311 g/mol. The molecular formula is C11H12F3NO4S. The normalized spacial score (nSPS) is 13.8. The summed E-state index contributed by atoms with van der Waals surface area (Å²) in [6.07, 6.45) is -3.92. The Morgan fingerprint density at radius 1 is 1.35 bits per heavy atom. The van der Waals surface area contributed by atoms with Gasteiger partial charge in [-0.1, -0.05) is 6.07 Å². The maximum atomic E-state index is 12.6. The van der Waals surface area contributed by atoms with Gasteiger partial charge in [0.2, 0.25) is 10.0 Å². The maximum absolute atomic E-state index is 12.6. The Kier molecular flexibility index (Phi) is 4.33. The molecule has 0 radical (unpaired) electrons. The van der Waals surface area contributed by atoms with Crippen molar-refractivity contribution >= 4 is 21.7 Å². The van der Waals surface area contributed by atoms with Crippen molar-refractivity contribution in [3.8, 4) is 0 Å². The van der Waals surface area contributed by atoms with E-state index >= 15 is 0 Å². The van der Waals surface area contributed by atoms with Crippen LogP contribution in [-0.2, 0) is 21.0 Å². The number of sulfonamides is 1. The molecule has 0 aromatic heterocycles. The number of rotatable bonds is 4. The van der Waals surface area contributed by atoms with E-state index in [0.717, 1.165) is 31.4 Å². The molecule has 1 N–H and O–H groups in total. The Morgan fingerprint density at radius 3 is 2.30 bits per heavy atom. The van der Waals surface area contributed by atoms with E-state index in [1.54, 1.807) is 0 Å². The molecule has 0 spiro atoms. The summed E-state index contributed by atoms with van der Waals surface area (Å²) in [7, 11) is -4.04. The third kappa shape index (κ3) is 3.62. The van der Waals surface area contributed by atoms with Crippen molar-refractivity contribution in [3.05, 3.63) is 29.8 Å². The number of carboxylic acids is 1. The average Bonchev–Trinajstić information content (AvgIpc) is 2.26. The standard InChI is InChI=1S/C11H12F3NO4S/c1-7(10(16)17)15(20(2,18)19)9-5-3-4-8(6-9)11(12,13)14/h3-7H,1-2H3,(H,16,17)/t7-/m0/s1. The number of hydrogen-bond acceptors (Lipinski definition) is 3. The highest BCUT2D eigenvalue weighted by atomic mass is 32.2. The van der Waals surface area contributed by atoms with Crippen LogP contribution in [0.15, 0.2) is 24.3 Å². The summed E-state index contributed by atoms with van der Waals surface area (Å²) in [6, 6.07) is 1.98. The minimum Gasteiger partial charge on any atom is -0.480 e. The van der Waals surface area contributed by atoms with Gasteiger partial charge in [-0.15, -0.1) is 0 Å². The average molecular weight is 311 g/mol. The highest BCUT2D eigenvalue weighted by Crippen LogP contribution is 2.32. The van der Waals surface area contributed by atoms with E-state index in [4.69, 9.17) is 5.11 Å². The number of alkyl halides is 3. The fourth-order valence-corrected chi connectivity index (χ4v) is 2.78. The molecule has 112 valence electrons. The molecular weight excluding hydrogens is 299 g/mol. The SMILES string of the molecule is C[C@@H](C(=O)O)N(c1cccc(C(F)(F)F)c1)S(C)(=O)=O. The zero-order valence-electron chi connectivity index (χ0n) is 10.5. The van der Waals surface area contributed by atoms with Gasteiger partial charge in [0.1, 0.15) is 6.04 Å². The zero-order valence-corrected chi connectivity index (χ0v) is 11.4. The van der Waals surface area contributed by atoms with Crippen LogP contribution in [0.4, 0.5) is 18.9 Å². The predicted molar refractivity (Wildman–Crippen MR) is 65.9 cm³/mol. The van der Waals surface area contributed by atoms with Crippen LogP contribution in [0.25, 0.3) is 0 Å². The molecule has 0 bridgehead atoms. The summed E-state index contributed by atoms with van der Waals surface area (Å²) in [5.41, 5.74) is -1.40. The van der Waals surface area contributed by atoms with E-state index in [-0.39, 0.29) is 5.69 Å². The van der Waals surface area contributed by atoms with E-state index in [0.29, 0.717) is 10.4 Å². The van der Waals surface area contributed by atoms with Gasteiger partial charge < -0.3 is 5.11 Å². The number of hydrogen-bond donors (Lipinski definition) is 1. The van der Waals surface area contributed by atoms with Gasteiger partial charge in [0, 0.05) is 0 Å². The number of aliphatic carboxylic acids is 1. The lowest BCUT2D eigenvalue weighted by Gasteiger charge is -2.26. The molecule has 0 unspecified atom stereocenters. The summed E-state index contributed by atoms with van der Waals surface area (Å²) < 4.78 is 61.5. The van der Waals surface area contributed by atoms with Gasteiger partial charge in [0.05, 0.1) is 17.5 Å². The molecule has 0 aliphatic rings. The largest absolute Gasteiger partial charge is 0.480 e. The van der Waals surface area contributed by atoms with Gasteiger partial charge >= 0.3 is 12.1 Å². The van der Waals surface area contributed by atoms with Gasteiger partial charge in [-0.05, 0) is 25.1 Å². The predicted octanol–water partition coefficient (Wildman–Crippen LogP) is 1.94. The highest BCUT2D eigenvalue weighted by molar-refractivity contribution is 7.92. The Balaban J connectivity index is 3.40. The van der Waals surface area contributed by atoms with Crippen LogP contribution in [0.3, 0.4) is 0 Å². The minimum atomic E-state index is -4.65. The summed E-state index contributed by atoms with van der Waals surface area (Å²) >= 11 is 0. The molecule has 0 saturated heterocycles. The van der Waals surface area contributed by atoms with Crippen LogP contribution in [0, 0.1) is 0 Å². The van der Waals surface area contributed by atoms with Crippen LogP contribution in [0.5, 0.6) is 0 Å². The molecule has 0 saturated carbocycles. The Labute approximate surface area is 113 Å². The lowest BCUT2D eigenvalue weighted by molar-refractivity contribution is -0.138. The second-order valence-electron chi connectivity index (χ2n) is 4.12. The highest BCUT2D eigenvalue weighted by Gasteiger charge is 2.33. The van der Waals surface area contributed by atoms with Gasteiger partial charge in [-0.3, -0.25) is 4.31 Å². The third-order valence-electron chi connectivity index (χ3n) is 2.49. The lowest BCUT2D eigenvalue weighted by atomic mass is 10.2. The van der Waals surface area contributed by atoms with Gasteiger partial charge in [-0.25, -0.2) is 13.2 Å².